The van der Waals surface area contributed by atoms with Gasteiger partial charge >= 0.3 is 0 Å². The van der Waals surface area contributed by atoms with Crippen LogP contribution in [0.2, 0.25) is 0 Å². The molecule has 0 radical (unpaired) electrons. The summed E-state index contributed by atoms with van der Waals surface area (Å²) in [5.74, 6) is 0. The maximum absolute atomic E-state index is 10.5. The van der Waals surface area contributed by atoms with Crippen molar-refractivity contribution in [3.8, 4) is 0 Å². The molecule has 0 unspecified atom stereocenters. The van der Waals surface area contributed by atoms with Crippen molar-refractivity contribution >= 4 is 10.1 Å². The average Bonchev–Trinajstić information content (AvgIpc) is 2.76. The van der Waals surface area contributed by atoms with E-state index in [1.54, 1.807) is 0 Å². The molecule has 0 aliphatic heterocycles. The van der Waals surface area contributed by atoms with Crippen molar-refractivity contribution in [1.29, 1.82) is 0 Å². The summed E-state index contributed by atoms with van der Waals surface area (Å²) in [5, 5.41) is 8.67. The highest BCUT2D eigenvalue weighted by molar-refractivity contribution is 7.86. The van der Waals surface area contributed by atoms with Crippen LogP contribution in [-0.2, 0) is 14.3 Å². The van der Waals surface area contributed by atoms with E-state index < -0.39 is 10.1 Å². The smallest absolute Gasteiger partial charge is 0.264 e. The van der Waals surface area contributed by atoms with Crippen LogP contribution in [0.5, 0.6) is 0 Å². The van der Waals surface area contributed by atoms with Crippen molar-refractivity contribution in [2.24, 2.45) is 0 Å². The molecule has 0 fully saturated rings. The minimum Gasteiger partial charge on any atom is -0.392 e. The topological polar surface area (TPSA) is 63.6 Å². The normalized spacial score (nSPS) is 21.1. The molecule has 0 amide bonds. The van der Waals surface area contributed by atoms with E-state index in [9.17, 15) is 8.42 Å². The summed E-state index contributed by atoms with van der Waals surface area (Å²) >= 11 is 0. The van der Waals surface area contributed by atoms with Crippen molar-refractivity contribution in [2.45, 2.75) is 37.9 Å². The van der Waals surface area contributed by atoms with Gasteiger partial charge in [0.25, 0.3) is 10.1 Å². The summed E-state index contributed by atoms with van der Waals surface area (Å²) < 4.78 is 25.8. The maximum atomic E-state index is 10.5. The molecule has 0 atom stereocenters. The molecule has 5 heteroatoms. The van der Waals surface area contributed by atoms with Crippen LogP contribution >= 0.6 is 0 Å². The fraction of sp³-hybridized carbons (Fsp3) is 0.636. The van der Waals surface area contributed by atoms with Gasteiger partial charge in [0.15, 0.2) is 0 Å². The van der Waals surface area contributed by atoms with Gasteiger partial charge in [-0.1, -0.05) is 24.3 Å². The third-order valence-corrected chi connectivity index (χ3v) is 2.88. The molecule has 0 saturated heterocycles. The van der Waals surface area contributed by atoms with Gasteiger partial charge < -0.3 is 5.11 Å². The summed E-state index contributed by atoms with van der Waals surface area (Å²) in [5.41, 5.74) is 0. The molecule has 0 aromatic heterocycles. The molecule has 0 aromatic carbocycles. The number of hydrogen-bond donors (Lipinski definition) is 1. The van der Waals surface area contributed by atoms with Crippen molar-refractivity contribution < 1.29 is 17.7 Å². The van der Waals surface area contributed by atoms with Crippen LogP contribution < -0.4 is 0 Å². The zero-order valence-electron chi connectivity index (χ0n) is 9.37. The second-order valence-corrected chi connectivity index (χ2v) is 5.56. The van der Waals surface area contributed by atoms with Crippen molar-refractivity contribution in [3.05, 3.63) is 24.3 Å². The van der Waals surface area contributed by atoms with Gasteiger partial charge in [-0.3, -0.25) is 4.18 Å². The van der Waals surface area contributed by atoms with E-state index >= 15 is 0 Å². The van der Waals surface area contributed by atoms with E-state index in [0.29, 0.717) is 12.8 Å². The fourth-order valence-corrected chi connectivity index (χ4v) is 2.17. The van der Waals surface area contributed by atoms with Crippen LogP contribution in [0, 0.1) is 0 Å². The molecular weight excluding hydrogens is 228 g/mol. The Labute approximate surface area is 96.7 Å². The van der Waals surface area contributed by atoms with Gasteiger partial charge in [0, 0.05) is 0 Å². The highest BCUT2D eigenvalue weighted by atomic mass is 32.2. The number of hydrogen-bond acceptors (Lipinski definition) is 4. The molecule has 2 aliphatic carbocycles. The number of rotatable bonds is 2. The lowest BCUT2D eigenvalue weighted by atomic mass is 10.3. The van der Waals surface area contributed by atoms with Crippen LogP contribution in [0.4, 0.5) is 0 Å². The van der Waals surface area contributed by atoms with Crippen molar-refractivity contribution in [1.82, 2.24) is 0 Å². The largest absolute Gasteiger partial charge is 0.392 e. The minimum absolute atomic E-state index is 0.0648. The van der Waals surface area contributed by atoms with E-state index in [0.717, 1.165) is 19.1 Å². The zero-order valence-corrected chi connectivity index (χ0v) is 10.2. The number of aliphatic hydroxyl groups excluding tert-OH is 1. The van der Waals surface area contributed by atoms with E-state index in [1.165, 1.54) is 0 Å². The Morgan fingerprint density at radius 1 is 1.06 bits per heavy atom. The lowest BCUT2D eigenvalue weighted by Gasteiger charge is -2.06. The maximum Gasteiger partial charge on any atom is 0.264 e. The zero-order chi connectivity index (χ0) is 12.0. The molecule has 0 saturated carbocycles. The van der Waals surface area contributed by atoms with Crippen LogP contribution in [-0.4, -0.2) is 32.0 Å². The molecule has 2 aliphatic rings. The molecule has 1 N–H and O–H groups in total. The third-order valence-electron chi connectivity index (χ3n) is 2.26. The highest BCUT2D eigenvalue weighted by Crippen LogP contribution is 2.14. The van der Waals surface area contributed by atoms with E-state index in [-0.39, 0.29) is 12.2 Å². The molecule has 0 bridgehead atoms. The molecule has 16 heavy (non-hydrogen) atoms. The van der Waals surface area contributed by atoms with Gasteiger partial charge in [-0.25, -0.2) is 0 Å². The van der Waals surface area contributed by atoms with E-state index in [4.69, 9.17) is 9.29 Å². The molecule has 0 spiro atoms. The average molecular weight is 246 g/mol. The lowest BCUT2D eigenvalue weighted by molar-refractivity contribution is 0.189. The second-order valence-electron chi connectivity index (χ2n) is 3.96. The first-order chi connectivity index (χ1) is 7.47. The van der Waals surface area contributed by atoms with Crippen LogP contribution in [0.3, 0.4) is 0 Å². The summed E-state index contributed by atoms with van der Waals surface area (Å²) in [7, 11) is -3.25. The summed E-state index contributed by atoms with van der Waals surface area (Å²) in [4.78, 5) is 0. The Hall–Kier alpha value is -0.650. The first-order valence-electron chi connectivity index (χ1n) is 5.33. The molecule has 4 nitrogen and oxygen atoms in total. The standard InChI is InChI=1S/C6H10O3S.C5H8O/c1-10(7,8)9-6-4-2-3-5-6;6-5-3-1-2-4-5/h2-3,6H,4-5H2,1H3;1-2,5-6H,3-4H2. The summed E-state index contributed by atoms with van der Waals surface area (Å²) in [6.07, 6.45) is 11.9. The Morgan fingerprint density at radius 2 is 1.50 bits per heavy atom. The monoisotopic (exact) mass is 246 g/mol. The Kier molecular flexibility index (Phi) is 5.18. The first kappa shape index (κ1) is 13.4. The van der Waals surface area contributed by atoms with Crippen LogP contribution in [0.25, 0.3) is 0 Å². The van der Waals surface area contributed by atoms with Crippen LogP contribution in [0.1, 0.15) is 25.7 Å². The Morgan fingerprint density at radius 3 is 1.81 bits per heavy atom. The molecule has 92 valence electrons. The van der Waals surface area contributed by atoms with Gasteiger partial charge in [0.2, 0.25) is 0 Å². The van der Waals surface area contributed by atoms with Gasteiger partial charge in [0.05, 0.1) is 18.5 Å². The van der Waals surface area contributed by atoms with E-state index in [1.807, 2.05) is 24.3 Å². The first-order valence-corrected chi connectivity index (χ1v) is 7.15. The molecule has 0 heterocycles. The molecular formula is C11H18O4S. The second kappa shape index (κ2) is 6.18. The third kappa shape index (κ3) is 6.05. The predicted octanol–water partition coefficient (Wildman–Crippen LogP) is 1.38. The van der Waals surface area contributed by atoms with Crippen molar-refractivity contribution in [2.75, 3.05) is 6.26 Å². The SMILES string of the molecule is CS(=O)(=O)OC1CC=CC1.OC1CC=CC1. The van der Waals surface area contributed by atoms with Crippen molar-refractivity contribution in [3.63, 3.8) is 0 Å². The fourth-order valence-electron chi connectivity index (χ4n) is 1.52. The molecule has 2 rings (SSSR count). The van der Waals surface area contributed by atoms with Crippen LogP contribution in [0.15, 0.2) is 24.3 Å². The lowest BCUT2D eigenvalue weighted by Crippen LogP contribution is -2.13. The van der Waals surface area contributed by atoms with Gasteiger partial charge in [-0.05, 0) is 25.7 Å². The molecule has 0 aromatic rings. The van der Waals surface area contributed by atoms with Gasteiger partial charge in [0.1, 0.15) is 0 Å². The van der Waals surface area contributed by atoms with E-state index in [2.05, 4.69) is 0 Å². The summed E-state index contributed by atoms with van der Waals surface area (Å²) in [6.45, 7) is 0. The summed E-state index contributed by atoms with van der Waals surface area (Å²) in [6, 6.07) is 0. The Bertz CT molecular complexity index is 340. The Balaban J connectivity index is 0.000000181. The van der Waals surface area contributed by atoms with Gasteiger partial charge in [-0.2, -0.15) is 8.42 Å². The minimum atomic E-state index is -3.25. The predicted molar refractivity (Wildman–Crippen MR) is 62.5 cm³/mol. The van der Waals surface area contributed by atoms with Gasteiger partial charge in [-0.15, -0.1) is 0 Å². The quantitative estimate of drug-likeness (QED) is 0.590. The number of aliphatic hydroxyl groups is 1. The highest BCUT2D eigenvalue weighted by Gasteiger charge is 2.15.